The van der Waals surface area contributed by atoms with E-state index < -0.39 is 0 Å². The zero-order chi connectivity index (χ0) is 12.5. The van der Waals surface area contributed by atoms with Crippen molar-refractivity contribution < 1.29 is 5.11 Å². The monoisotopic (exact) mass is 240 g/mol. The number of aliphatic hydroxyl groups excluding tert-OH is 1. The lowest BCUT2D eigenvalue weighted by Crippen LogP contribution is -2.58. The van der Waals surface area contributed by atoms with Crippen molar-refractivity contribution >= 4 is 0 Å². The molecular formula is C14H28N2O. The van der Waals surface area contributed by atoms with E-state index in [2.05, 4.69) is 30.6 Å². The molecule has 1 aliphatic heterocycles. The van der Waals surface area contributed by atoms with Crippen LogP contribution in [-0.4, -0.2) is 58.8 Å². The lowest BCUT2D eigenvalue weighted by Gasteiger charge is -2.46. The van der Waals surface area contributed by atoms with Crippen molar-refractivity contribution in [1.29, 1.82) is 0 Å². The molecule has 1 heterocycles. The van der Waals surface area contributed by atoms with E-state index in [9.17, 15) is 5.11 Å². The van der Waals surface area contributed by atoms with Crippen molar-refractivity contribution in [2.24, 2.45) is 0 Å². The number of rotatable bonds is 1. The van der Waals surface area contributed by atoms with Gasteiger partial charge in [0.05, 0.1) is 6.10 Å². The second-order valence-electron chi connectivity index (χ2n) is 6.61. The topological polar surface area (TPSA) is 26.7 Å². The summed E-state index contributed by atoms with van der Waals surface area (Å²) in [5, 5.41) is 10.1. The van der Waals surface area contributed by atoms with E-state index in [4.69, 9.17) is 0 Å². The second-order valence-corrected chi connectivity index (χ2v) is 6.61. The first-order valence-corrected chi connectivity index (χ1v) is 7.15. The summed E-state index contributed by atoms with van der Waals surface area (Å²) >= 11 is 0. The highest BCUT2D eigenvalue weighted by Gasteiger charge is 2.33. The van der Waals surface area contributed by atoms with E-state index in [1.165, 1.54) is 19.3 Å². The summed E-state index contributed by atoms with van der Waals surface area (Å²) in [5.41, 5.74) is 0.289. The van der Waals surface area contributed by atoms with Crippen molar-refractivity contribution in [3.8, 4) is 0 Å². The van der Waals surface area contributed by atoms with E-state index in [1.54, 1.807) is 0 Å². The maximum Gasteiger partial charge on any atom is 0.0695 e. The van der Waals surface area contributed by atoms with E-state index in [1.807, 2.05) is 0 Å². The van der Waals surface area contributed by atoms with E-state index in [0.717, 1.165) is 32.6 Å². The molecule has 2 unspecified atom stereocenters. The van der Waals surface area contributed by atoms with Gasteiger partial charge in [0.15, 0.2) is 0 Å². The van der Waals surface area contributed by atoms with Gasteiger partial charge in [-0.1, -0.05) is 12.8 Å². The van der Waals surface area contributed by atoms with Crippen LogP contribution in [0, 0.1) is 0 Å². The van der Waals surface area contributed by atoms with E-state index >= 15 is 0 Å². The third-order valence-electron chi connectivity index (χ3n) is 4.43. The third-order valence-corrected chi connectivity index (χ3v) is 4.43. The Balaban J connectivity index is 1.86. The van der Waals surface area contributed by atoms with Crippen LogP contribution in [0.5, 0.6) is 0 Å². The summed E-state index contributed by atoms with van der Waals surface area (Å²) in [6.07, 6.45) is 4.62. The Morgan fingerprint density at radius 1 is 0.941 bits per heavy atom. The summed E-state index contributed by atoms with van der Waals surface area (Å²) in [6, 6.07) is 0.436. The molecule has 1 saturated heterocycles. The molecular weight excluding hydrogens is 212 g/mol. The Hall–Kier alpha value is -0.120. The summed E-state index contributed by atoms with van der Waals surface area (Å²) in [5.74, 6) is 0. The number of piperazine rings is 1. The van der Waals surface area contributed by atoms with Gasteiger partial charge in [0, 0.05) is 37.8 Å². The molecule has 17 heavy (non-hydrogen) atoms. The lowest BCUT2D eigenvalue weighted by molar-refractivity contribution is -0.0192. The summed E-state index contributed by atoms with van der Waals surface area (Å²) in [7, 11) is 0. The molecule has 0 aromatic heterocycles. The van der Waals surface area contributed by atoms with Gasteiger partial charge in [-0.3, -0.25) is 9.80 Å². The van der Waals surface area contributed by atoms with Crippen LogP contribution in [-0.2, 0) is 0 Å². The standard InChI is InChI=1S/C14H28N2O/c1-14(2,3)16-10-8-15(9-11-16)12-6-4-5-7-13(12)17/h12-13,17H,4-11H2,1-3H3. The minimum atomic E-state index is -0.0788. The zero-order valence-electron chi connectivity index (χ0n) is 11.7. The Morgan fingerprint density at radius 2 is 1.53 bits per heavy atom. The smallest absolute Gasteiger partial charge is 0.0695 e. The van der Waals surface area contributed by atoms with E-state index in [-0.39, 0.29) is 11.6 Å². The maximum absolute atomic E-state index is 10.1. The van der Waals surface area contributed by atoms with E-state index in [0.29, 0.717) is 6.04 Å². The predicted octanol–water partition coefficient (Wildman–Crippen LogP) is 1.71. The summed E-state index contributed by atoms with van der Waals surface area (Å²) in [4.78, 5) is 5.07. The average Bonchev–Trinajstić information content (AvgIpc) is 2.29. The fourth-order valence-corrected chi connectivity index (χ4v) is 3.24. The van der Waals surface area contributed by atoms with Crippen molar-refractivity contribution in [1.82, 2.24) is 9.80 Å². The first-order chi connectivity index (χ1) is 7.98. The molecule has 0 spiro atoms. The minimum absolute atomic E-state index is 0.0788. The first-order valence-electron chi connectivity index (χ1n) is 7.15. The van der Waals surface area contributed by atoms with Crippen LogP contribution >= 0.6 is 0 Å². The maximum atomic E-state index is 10.1. The molecule has 1 aliphatic carbocycles. The number of nitrogens with zero attached hydrogens (tertiary/aromatic N) is 2. The van der Waals surface area contributed by atoms with Gasteiger partial charge >= 0.3 is 0 Å². The van der Waals surface area contributed by atoms with Crippen LogP contribution in [0.15, 0.2) is 0 Å². The molecule has 1 saturated carbocycles. The van der Waals surface area contributed by atoms with Crippen molar-refractivity contribution in [2.75, 3.05) is 26.2 Å². The highest BCUT2D eigenvalue weighted by Crippen LogP contribution is 2.25. The van der Waals surface area contributed by atoms with Gasteiger partial charge in [0.25, 0.3) is 0 Å². The van der Waals surface area contributed by atoms with Crippen LogP contribution in [0.4, 0.5) is 0 Å². The number of hydrogen-bond acceptors (Lipinski definition) is 3. The first kappa shape index (κ1) is 13.3. The predicted molar refractivity (Wildman–Crippen MR) is 71.2 cm³/mol. The van der Waals surface area contributed by atoms with Crippen LogP contribution in [0.25, 0.3) is 0 Å². The molecule has 3 nitrogen and oxygen atoms in total. The molecule has 2 atom stereocenters. The average molecular weight is 240 g/mol. The van der Waals surface area contributed by atoms with Gasteiger partial charge < -0.3 is 5.11 Å². The number of hydrogen-bond donors (Lipinski definition) is 1. The molecule has 2 rings (SSSR count). The molecule has 0 bridgehead atoms. The molecule has 2 fully saturated rings. The van der Waals surface area contributed by atoms with Gasteiger partial charge in [-0.05, 0) is 33.6 Å². The zero-order valence-corrected chi connectivity index (χ0v) is 11.7. The van der Waals surface area contributed by atoms with Gasteiger partial charge in [0.2, 0.25) is 0 Å². The molecule has 0 aromatic carbocycles. The second kappa shape index (κ2) is 5.25. The molecule has 0 aromatic rings. The molecule has 100 valence electrons. The molecule has 0 radical (unpaired) electrons. The molecule has 2 aliphatic rings. The van der Waals surface area contributed by atoms with Crippen LogP contribution in [0.1, 0.15) is 46.5 Å². The molecule has 1 N–H and O–H groups in total. The van der Waals surface area contributed by atoms with Crippen LogP contribution < -0.4 is 0 Å². The Kier molecular flexibility index (Phi) is 4.11. The highest BCUT2D eigenvalue weighted by molar-refractivity contribution is 4.88. The van der Waals surface area contributed by atoms with Crippen molar-refractivity contribution in [3.63, 3.8) is 0 Å². The lowest BCUT2D eigenvalue weighted by atomic mass is 9.91. The SMILES string of the molecule is CC(C)(C)N1CCN(C2CCCCC2O)CC1. The number of aliphatic hydroxyl groups is 1. The molecule has 0 amide bonds. The molecule has 3 heteroatoms. The largest absolute Gasteiger partial charge is 0.391 e. The van der Waals surface area contributed by atoms with Gasteiger partial charge in [-0.15, -0.1) is 0 Å². The van der Waals surface area contributed by atoms with Crippen LogP contribution in [0.2, 0.25) is 0 Å². The Labute approximate surface area is 106 Å². The minimum Gasteiger partial charge on any atom is -0.391 e. The Bertz CT molecular complexity index is 241. The van der Waals surface area contributed by atoms with Gasteiger partial charge in [0.1, 0.15) is 0 Å². The quantitative estimate of drug-likeness (QED) is 0.756. The van der Waals surface area contributed by atoms with Gasteiger partial charge in [-0.25, -0.2) is 0 Å². The fraction of sp³-hybridized carbons (Fsp3) is 1.00. The summed E-state index contributed by atoms with van der Waals surface area (Å²) < 4.78 is 0. The van der Waals surface area contributed by atoms with Crippen molar-refractivity contribution in [2.45, 2.75) is 64.1 Å². The summed E-state index contributed by atoms with van der Waals surface area (Å²) in [6.45, 7) is 11.4. The van der Waals surface area contributed by atoms with Gasteiger partial charge in [-0.2, -0.15) is 0 Å². The normalized spacial score (nSPS) is 33.9. The highest BCUT2D eigenvalue weighted by atomic mass is 16.3. The van der Waals surface area contributed by atoms with Crippen LogP contribution in [0.3, 0.4) is 0 Å². The van der Waals surface area contributed by atoms with Crippen molar-refractivity contribution in [3.05, 3.63) is 0 Å². The third kappa shape index (κ3) is 3.21. The Morgan fingerprint density at radius 3 is 2.06 bits per heavy atom. The fourth-order valence-electron chi connectivity index (χ4n) is 3.24.